The van der Waals surface area contributed by atoms with Crippen LogP contribution in [0.2, 0.25) is 0 Å². The third-order valence-electron chi connectivity index (χ3n) is 3.69. The molecule has 2 amide bonds. The van der Waals surface area contributed by atoms with E-state index in [1.165, 1.54) is 0 Å². The molecule has 2 aromatic carbocycles. The molecule has 0 saturated carbocycles. The molecule has 0 saturated heterocycles. The number of nitrogens with one attached hydrogen (secondary N) is 2. The molecule has 0 aliphatic heterocycles. The molecular weight excluding hydrogens is 332 g/mol. The van der Waals surface area contributed by atoms with E-state index in [0.717, 1.165) is 5.56 Å². The van der Waals surface area contributed by atoms with Gasteiger partial charge in [-0.25, -0.2) is 0 Å². The minimum atomic E-state index is -0.573. The molecule has 2 aromatic rings. The van der Waals surface area contributed by atoms with E-state index in [-0.39, 0.29) is 25.0 Å². The molecule has 2 N–H and O–H groups in total. The highest BCUT2D eigenvalue weighted by Crippen LogP contribution is 2.14. The van der Waals surface area contributed by atoms with E-state index in [9.17, 15) is 14.4 Å². The molecule has 0 aliphatic rings. The van der Waals surface area contributed by atoms with Crippen LogP contribution in [0.15, 0.2) is 54.6 Å². The molecule has 26 heavy (non-hydrogen) atoms. The number of hydrogen-bond acceptors (Lipinski definition) is 4. The normalized spacial score (nSPS) is 11.3. The smallest absolute Gasteiger partial charge is 0.315 e. The maximum absolute atomic E-state index is 12.3. The highest BCUT2D eigenvalue weighted by atomic mass is 16.5. The summed E-state index contributed by atoms with van der Waals surface area (Å²) in [4.78, 5) is 35.3. The standard InChI is InChI=1S/C20H22N2O4/c1-3-26-19(24)13-18(23)22-17-11-9-16(10-12-17)20(25)21-14(2)15-7-5-4-6-8-15/h4-12,14H,3,13H2,1-2H3,(H,21,25)(H,22,23). The second-order valence-corrected chi connectivity index (χ2v) is 5.71. The Kier molecular flexibility index (Phi) is 6.91. The number of carbonyl (C=O) groups excluding carboxylic acids is 3. The van der Waals surface area contributed by atoms with Crippen LogP contribution in [0.4, 0.5) is 5.69 Å². The first-order valence-corrected chi connectivity index (χ1v) is 8.41. The fourth-order valence-corrected chi connectivity index (χ4v) is 2.36. The lowest BCUT2D eigenvalue weighted by Crippen LogP contribution is -2.26. The Labute approximate surface area is 152 Å². The van der Waals surface area contributed by atoms with Crippen molar-refractivity contribution in [3.8, 4) is 0 Å². The molecule has 0 radical (unpaired) electrons. The summed E-state index contributed by atoms with van der Waals surface area (Å²) in [7, 11) is 0. The summed E-state index contributed by atoms with van der Waals surface area (Å²) in [5, 5.41) is 5.52. The van der Waals surface area contributed by atoms with Gasteiger partial charge in [-0.2, -0.15) is 0 Å². The van der Waals surface area contributed by atoms with E-state index in [4.69, 9.17) is 4.74 Å². The number of benzene rings is 2. The summed E-state index contributed by atoms with van der Waals surface area (Å²) in [6.45, 7) is 3.83. The maximum atomic E-state index is 12.3. The summed E-state index contributed by atoms with van der Waals surface area (Å²) >= 11 is 0. The van der Waals surface area contributed by atoms with E-state index in [2.05, 4.69) is 10.6 Å². The van der Waals surface area contributed by atoms with E-state index in [0.29, 0.717) is 11.3 Å². The molecule has 0 heterocycles. The van der Waals surface area contributed by atoms with Crippen molar-refractivity contribution in [2.75, 3.05) is 11.9 Å². The highest BCUT2D eigenvalue weighted by Gasteiger charge is 2.13. The third kappa shape index (κ3) is 5.73. The van der Waals surface area contributed by atoms with E-state index >= 15 is 0 Å². The first-order chi connectivity index (χ1) is 12.5. The van der Waals surface area contributed by atoms with Crippen LogP contribution in [0.3, 0.4) is 0 Å². The van der Waals surface area contributed by atoms with E-state index in [1.54, 1.807) is 31.2 Å². The fraction of sp³-hybridized carbons (Fsp3) is 0.250. The molecule has 2 rings (SSSR count). The Balaban J connectivity index is 1.91. The lowest BCUT2D eigenvalue weighted by molar-refractivity contribution is -0.145. The molecule has 0 aromatic heterocycles. The van der Waals surface area contributed by atoms with Crippen molar-refractivity contribution < 1.29 is 19.1 Å². The van der Waals surface area contributed by atoms with Gasteiger partial charge in [0.2, 0.25) is 5.91 Å². The topological polar surface area (TPSA) is 84.5 Å². The second kappa shape index (κ2) is 9.36. The number of hydrogen-bond donors (Lipinski definition) is 2. The van der Waals surface area contributed by atoms with Crippen molar-refractivity contribution in [3.05, 3.63) is 65.7 Å². The van der Waals surface area contributed by atoms with Crippen LogP contribution >= 0.6 is 0 Å². The van der Waals surface area contributed by atoms with E-state index in [1.807, 2.05) is 37.3 Å². The number of esters is 1. The van der Waals surface area contributed by atoms with Crippen LogP contribution in [0.5, 0.6) is 0 Å². The Morgan fingerprint density at radius 1 is 1.00 bits per heavy atom. The van der Waals surface area contributed by atoms with Gasteiger partial charge in [-0.3, -0.25) is 14.4 Å². The summed E-state index contributed by atoms with van der Waals surface area (Å²) in [6, 6.07) is 16.0. The Hall–Kier alpha value is -3.15. The SMILES string of the molecule is CCOC(=O)CC(=O)Nc1ccc(C(=O)NC(C)c2ccccc2)cc1. The van der Waals surface area contributed by atoms with Gasteiger partial charge in [0, 0.05) is 11.3 Å². The molecule has 6 heteroatoms. The maximum Gasteiger partial charge on any atom is 0.315 e. The average Bonchev–Trinajstić information content (AvgIpc) is 2.63. The molecule has 6 nitrogen and oxygen atoms in total. The van der Waals surface area contributed by atoms with Gasteiger partial charge < -0.3 is 15.4 Å². The van der Waals surface area contributed by atoms with E-state index < -0.39 is 11.9 Å². The summed E-state index contributed by atoms with van der Waals surface area (Å²) < 4.78 is 4.72. The molecule has 0 aliphatic carbocycles. The second-order valence-electron chi connectivity index (χ2n) is 5.71. The van der Waals surface area contributed by atoms with Gasteiger partial charge in [0.15, 0.2) is 0 Å². The number of amides is 2. The summed E-state index contributed by atoms with van der Waals surface area (Å²) in [5.74, 6) is -1.24. The minimum absolute atomic E-state index is 0.118. The molecule has 0 fully saturated rings. The Bertz CT molecular complexity index is 757. The average molecular weight is 354 g/mol. The molecular formula is C20H22N2O4. The van der Waals surface area contributed by atoms with Crippen LogP contribution in [-0.2, 0) is 14.3 Å². The van der Waals surface area contributed by atoms with Gasteiger partial charge in [-0.15, -0.1) is 0 Å². The molecule has 136 valence electrons. The highest BCUT2D eigenvalue weighted by molar-refractivity contribution is 6.02. The minimum Gasteiger partial charge on any atom is -0.466 e. The van der Waals surface area contributed by atoms with Crippen LogP contribution in [-0.4, -0.2) is 24.4 Å². The first-order valence-electron chi connectivity index (χ1n) is 8.41. The zero-order chi connectivity index (χ0) is 18.9. The largest absolute Gasteiger partial charge is 0.466 e. The van der Waals surface area contributed by atoms with Gasteiger partial charge in [0.05, 0.1) is 12.6 Å². The van der Waals surface area contributed by atoms with Gasteiger partial charge in [0.25, 0.3) is 5.91 Å². The lowest BCUT2D eigenvalue weighted by atomic mass is 10.1. The third-order valence-corrected chi connectivity index (χ3v) is 3.69. The van der Waals surface area contributed by atoms with Crippen LogP contribution in [0.25, 0.3) is 0 Å². The quantitative estimate of drug-likeness (QED) is 0.591. The van der Waals surface area contributed by atoms with Crippen molar-refractivity contribution in [2.24, 2.45) is 0 Å². The molecule has 1 atom stereocenters. The zero-order valence-corrected chi connectivity index (χ0v) is 14.8. The van der Waals surface area contributed by atoms with Crippen LogP contribution < -0.4 is 10.6 Å². The number of anilines is 1. The predicted octanol–water partition coefficient (Wildman–Crippen LogP) is 3.07. The Morgan fingerprint density at radius 2 is 1.65 bits per heavy atom. The summed E-state index contributed by atoms with van der Waals surface area (Å²) in [6.07, 6.45) is -0.343. The molecule has 0 bridgehead atoms. The number of rotatable bonds is 7. The van der Waals surface area contributed by atoms with Gasteiger partial charge in [0.1, 0.15) is 6.42 Å². The van der Waals surface area contributed by atoms with Crippen LogP contribution in [0, 0.1) is 0 Å². The van der Waals surface area contributed by atoms with Gasteiger partial charge >= 0.3 is 5.97 Å². The molecule has 1 unspecified atom stereocenters. The number of ether oxygens (including phenoxy) is 1. The predicted molar refractivity (Wildman–Crippen MR) is 98.6 cm³/mol. The Morgan fingerprint density at radius 3 is 2.27 bits per heavy atom. The van der Waals surface area contributed by atoms with Crippen molar-refractivity contribution in [1.82, 2.24) is 5.32 Å². The zero-order valence-electron chi connectivity index (χ0n) is 14.8. The van der Waals surface area contributed by atoms with Gasteiger partial charge in [-0.1, -0.05) is 30.3 Å². The summed E-state index contributed by atoms with van der Waals surface area (Å²) in [5.41, 5.74) is 2.01. The molecule has 0 spiro atoms. The van der Waals surface area contributed by atoms with Crippen molar-refractivity contribution in [2.45, 2.75) is 26.3 Å². The fourth-order valence-electron chi connectivity index (χ4n) is 2.36. The van der Waals surface area contributed by atoms with Crippen molar-refractivity contribution in [1.29, 1.82) is 0 Å². The van der Waals surface area contributed by atoms with Crippen LogP contribution in [0.1, 0.15) is 42.2 Å². The monoisotopic (exact) mass is 354 g/mol. The van der Waals surface area contributed by atoms with Crippen molar-refractivity contribution in [3.63, 3.8) is 0 Å². The van der Waals surface area contributed by atoms with Gasteiger partial charge in [-0.05, 0) is 43.7 Å². The first kappa shape index (κ1) is 19.2. The lowest BCUT2D eigenvalue weighted by Gasteiger charge is -2.14. The number of carbonyl (C=O) groups is 3. The van der Waals surface area contributed by atoms with Crippen molar-refractivity contribution >= 4 is 23.5 Å².